The van der Waals surface area contributed by atoms with Crippen LogP contribution in [0, 0.1) is 6.92 Å². The lowest BCUT2D eigenvalue weighted by molar-refractivity contribution is 0.262. The van der Waals surface area contributed by atoms with E-state index >= 15 is 0 Å². The molecule has 3 N–H and O–H groups in total. The van der Waals surface area contributed by atoms with Crippen LogP contribution < -0.4 is 15.4 Å². The molecule has 1 aromatic heterocycles. The Balaban J connectivity index is 1.55. The molecule has 7 nitrogen and oxygen atoms in total. The number of rotatable bonds is 5. The Kier molecular flexibility index (Phi) is 6.22. The minimum Gasteiger partial charge on any atom is -0.308 e. The summed E-state index contributed by atoms with van der Waals surface area (Å²) in [6, 6.07) is 19.4. The van der Waals surface area contributed by atoms with E-state index in [1.165, 1.54) is 0 Å². The van der Waals surface area contributed by atoms with Crippen LogP contribution in [0.2, 0.25) is 5.02 Å². The van der Waals surface area contributed by atoms with Crippen molar-refractivity contribution in [3.05, 3.63) is 83.5 Å². The Labute approximate surface area is 196 Å². The third-order valence-corrected chi connectivity index (χ3v) is 5.87. The maximum absolute atomic E-state index is 12.6. The van der Waals surface area contributed by atoms with Crippen LogP contribution in [-0.2, 0) is 10.0 Å². The number of halogens is 1. The summed E-state index contributed by atoms with van der Waals surface area (Å²) < 4.78 is 25.2. The highest BCUT2D eigenvalue weighted by molar-refractivity contribution is 7.92. The summed E-state index contributed by atoms with van der Waals surface area (Å²) in [6.45, 7) is 1.77. The number of amides is 2. The number of benzene rings is 3. The third-order valence-electron chi connectivity index (χ3n) is 4.93. The van der Waals surface area contributed by atoms with Gasteiger partial charge >= 0.3 is 6.03 Å². The van der Waals surface area contributed by atoms with Gasteiger partial charge in [0, 0.05) is 34.2 Å². The van der Waals surface area contributed by atoms with Gasteiger partial charge in [-0.25, -0.2) is 13.2 Å². The van der Waals surface area contributed by atoms with E-state index in [0.29, 0.717) is 33.2 Å². The van der Waals surface area contributed by atoms with Crippen LogP contribution in [0.4, 0.5) is 21.9 Å². The van der Waals surface area contributed by atoms with Gasteiger partial charge in [-0.2, -0.15) is 0 Å². The minimum absolute atomic E-state index is 0.422. The van der Waals surface area contributed by atoms with Crippen molar-refractivity contribution in [1.82, 2.24) is 4.98 Å². The number of aromatic nitrogens is 1. The molecule has 0 fully saturated rings. The molecule has 0 atom stereocenters. The first-order chi connectivity index (χ1) is 15.7. The summed E-state index contributed by atoms with van der Waals surface area (Å²) in [4.78, 5) is 17.1. The van der Waals surface area contributed by atoms with Gasteiger partial charge in [-0.15, -0.1) is 0 Å². The van der Waals surface area contributed by atoms with Gasteiger partial charge in [0.25, 0.3) is 0 Å². The first-order valence-corrected chi connectivity index (χ1v) is 12.3. The van der Waals surface area contributed by atoms with Gasteiger partial charge in [0.1, 0.15) is 0 Å². The number of nitrogens with one attached hydrogen (secondary N) is 3. The second-order valence-corrected chi connectivity index (χ2v) is 9.71. The number of sulfonamides is 1. The zero-order chi connectivity index (χ0) is 23.6. The molecule has 0 saturated carbocycles. The molecule has 0 aliphatic rings. The lowest BCUT2D eigenvalue weighted by atomic mass is 10.0. The average Bonchev–Trinajstić information content (AvgIpc) is 2.75. The maximum Gasteiger partial charge on any atom is 0.323 e. The second-order valence-electron chi connectivity index (χ2n) is 7.56. The van der Waals surface area contributed by atoms with Crippen molar-refractivity contribution in [2.24, 2.45) is 0 Å². The normalized spacial score (nSPS) is 11.2. The molecule has 0 aliphatic heterocycles. The highest BCUT2D eigenvalue weighted by Crippen LogP contribution is 2.33. The molecule has 1 heterocycles. The van der Waals surface area contributed by atoms with Gasteiger partial charge in [0.05, 0.1) is 17.0 Å². The number of anilines is 3. The van der Waals surface area contributed by atoms with Gasteiger partial charge < -0.3 is 10.6 Å². The van der Waals surface area contributed by atoms with E-state index in [1.54, 1.807) is 49.5 Å². The second kappa shape index (κ2) is 9.09. The molecule has 9 heteroatoms. The highest BCUT2D eigenvalue weighted by atomic mass is 35.5. The van der Waals surface area contributed by atoms with Crippen molar-refractivity contribution < 1.29 is 13.2 Å². The third kappa shape index (κ3) is 5.42. The molecule has 4 aromatic rings. The average molecular weight is 481 g/mol. The number of hydrogen-bond donors (Lipinski definition) is 3. The fraction of sp³-hybridized carbons (Fsp3) is 0.0833. The molecule has 2 amide bonds. The summed E-state index contributed by atoms with van der Waals surface area (Å²) in [7, 11) is -3.38. The quantitative estimate of drug-likeness (QED) is 0.332. The highest BCUT2D eigenvalue weighted by Gasteiger charge is 2.12. The SMILES string of the molecule is Cc1cc(NS(C)(=O)=O)ccc1NC(=O)Nc1ccc(Cl)c(-c2nccc3ccccc23)c1. The molecule has 0 unspecified atom stereocenters. The molecule has 168 valence electrons. The maximum atomic E-state index is 12.6. The predicted molar refractivity (Wildman–Crippen MR) is 134 cm³/mol. The first kappa shape index (κ1) is 22.6. The summed E-state index contributed by atoms with van der Waals surface area (Å²) >= 11 is 6.46. The first-order valence-electron chi connectivity index (χ1n) is 10.00. The Morgan fingerprint density at radius 2 is 1.70 bits per heavy atom. The summed E-state index contributed by atoms with van der Waals surface area (Å²) in [5.41, 5.74) is 3.66. The van der Waals surface area contributed by atoms with Gasteiger partial charge in [0.2, 0.25) is 10.0 Å². The largest absolute Gasteiger partial charge is 0.323 e. The van der Waals surface area contributed by atoms with Crippen molar-refractivity contribution in [1.29, 1.82) is 0 Å². The molecule has 33 heavy (non-hydrogen) atoms. The van der Waals surface area contributed by atoms with E-state index in [1.807, 2.05) is 30.3 Å². The van der Waals surface area contributed by atoms with Crippen molar-refractivity contribution in [2.75, 3.05) is 21.6 Å². The monoisotopic (exact) mass is 480 g/mol. The van der Waals surface area contributed by atoms with Crippen LogP contribution in [0.25, 0.3) is 22.0 Å². The number of carbonyl (C=O) groups excluding carboxylic acids is 1. The molecule has 4 rings (SSSR count). The fourth-order valence-electron chi connectivity index (χ4n) is 3.48. The van der Waals surface area contributed by atoms with Crippen molar-refractivity contribution in [3.8, 4) is 11.3 Å². The number of nitrogens with zero attached hydrogens (tertiary/aromatic N) is 1. The summed E-state index contributed by atoms with van der Waals surface area (Å²) in [6.07, 6.45) is 2.81. The van der Waals surface area contributed by atoms with E-state index in [4.69, 9.17) is 11.6 Å². The molecule has 0 saturated heterocycles. The standard InChI is InChI=1S/C24H21ClN4O3S/c1-15-13-18(29-33(2,31)32)8-10-22(15)28-24(30)27-17-7-9-21(25)20(14-17)23-19-6-4-3-5-16(19)11-12-26-23/h3-14,29H,1-2H3,(H2,27,28,30). The van der Waals surface area contributed by atoms with Crippen LogP contribution >= 0.6 is 11.6 Å². The van der Waals surface area contributed by atoms with Crippen LogP contribution in [0.3, 0.4) is 0 Å². The smallest absolute Gasteiger partial charge is 0.308 e. The molecule has 3 aromatic carbocycles. The number of urea groups is 1. The van der Waals surface area contributed by atoms with E-state index in [2.05, 4.69) is 20.3 Å². The topological polar surface area (TPSA) is 100 Å². The molecular weight excluding hydrogens is 460 g/mol. The lowest BCUT2D eigenvalue weighted by Crippen LogP contribution is -2.20. The lowest BCUT2D eigenvalue weighted by Gasteiger charge is -2.13. The van der Waals surface area contributed by atoms with Crippen LogP contribution in [-0.4, -0.2) is 25.7 Å². The predicted octanol–water partition coefficient (Wildman–Crippen LogP) is 5.88. The van der Waals surface area contributed by atoms with Gasteiger partial charge in [0.15, 0.2) is 0 Å². The molecular formula is C24H21ClN4O3S. The number of pyridine rings is 1. The van der Waals surface area contributed by atoms with Gasteiger partial charge in [-0.3, -0.25) is 9.71 Å². The molecule has 0 bridgehead atoms. The summed E-state index contributed by atoms with van der Waals surface area (Å²) in [5, 5.41) is 8.11. The van der Waals surface area contributed by atoms with E-state index in [9.17, 15) is 13.2 Å². The Hall–Kier alpha value is -3.62. The molecule has 0 aliphatic carbocycles. The number of aryl methyl sites for hydroxylation is 1. The van der Waals surface area contributed by atoms with Crippen LogP contribution in [0.15, 0.2) is 72.9 Å². The summed E-state index contributed by atoms with van der Waals surface area (Å²) in [5.74, 6) is 0. The number of fused-ring (bicyclic) bond motifs is 1. The van der Waals surface area contributed by atoms with E-state index < -0.39 is 16.1 Å². The number of carbonyl (C=O) groups is 1. The fourth-order valence-corrected chi connectivity index (χ4v) is 4.25. The zero-order valence-corrected chi connectivity index (χ0v) is 19.5. The van der Waals surface area contributed by atoms with Crippen molar-refractivity contribution >= 4 is 55.5 Å². The van der Waals surface area contributed by atoms with E-state index in [-0.39, 0.29) is 0 Å². The van der Waals surface area contributed by atoms with Crippen LogP contribution in [0.1, 0.15) is 5.56 Å². The molecule has 0 spiro atoms. The Morgan fingerprint density at radius 3 is 2.45 bits per heavy atom. The van der Waals surface area contributed by atoms with Gasteiger partial charge in [-0.1, -0.05) is 35.9 Å². The van der Waals surface area contributed by atoms with E-state index in [0.717, 1.165) is 22.7 Å². The van der Waals surface area contributed by atoms with Crippen molar-refractivity contribution in [3.63, 3.8) is 0 Å². The van der Waals surface area contributed by atoms with Crippen molar-refractivity contribution in [2.45, 2.75) is 6.92 Å². The zero-order valence-electron chi connectivity index (χ0n) is 17.9. The van der Waals surface area contributed by atoms with Gasteiger partial charge in [-0.05, 0) is 60.3 Å². The molecule has 0 radical (unpaired) electrons. The Morgan fingerprint density at radius 1 is 0.939 bits per heavy atom. The Bertz CT molecular complexity index is 1470. The minimum atomic E-state index is -3.38. The number of hydrogen-bond acceptors (Lipinski definition) is 4. The van der Waals surface area contributed by atoms with Crippen LogP contribution in [0.5, 0.6) is 0 Å².